The summed E-state index contributed by atoms with van der Waals surface area (Å²) >= 11 is 0. The number of aromatic nitrogens is 1. The van der Waals surface area contributed by atoms with Crippen molar-refractivity contribution < 1.29 is 9.72 Å². The molecule has 1 aromatic heterocycles. The van der Waals surface area contributed by atoms with Gasteiger partial charge in [-0.05, 0) is 23.8 Å². The Bertz CT molecular complexity index is 710. The zero-order valence-corrected chi connectivity index (χ0v) is 13.2. The number of carbonyl (C=O) groups is 1. The number of nitro benzene ring substituents is 1. The third-order valence-corrected chi connectivity index (χ3v) is 4.11. The second-order valence-corrected chi connectivity index (χ2v) is 5.73. The number of carbonyl (C=O) groups excluding carboxylic acids is 1. The number of piperazine rings is 1. The molecule has 0 N–H and O–H groups in total. The standard InChI is InChI=1S/C17H18N4O3/c22-17(15-3-5-16(6-4-15)21(23)24)20-10-8-19(9-11-20)13-14-2-1-7-18-12-14/h1-7,12H,8-11,13H2. The molecule has 1 saturated heterocycles. The van der Waals surface area contributed by atoms with Crippen molar-refractivity contribution in [3.8, 4) is 0 Å². The summed E-state index contributed by atoms with van der Waals surface area (Å²) in [6.45, 7) is 3.72. The molecule has 0 saturated carbocycles. The van der Waals surface area contributed by atoms with Crippen molar-refractivity contribution in [3.05, 3.63) is 70.0 Å². The summed E-state index contributed by atoms with van der Waals surface area (Å²) in [5, 5.41) is 10.7. The van der Waals surface area contributed by atoms with Crippen LogP contribution < -0.4 is 0 Å². The molecule has 0 unspecified atom stereocenters. The largest absolute Gasteiger partial charge is 0.336 e. The van der Waals surface area contributed by atoms with Crippen molar-refractivity contribution in [2.45, 2.75) is 6.54 Å². The fraction of sp³-hybridized carbons (Fsp3) is 0.294. The van der Waals surface area contributed by atoms with Gasteiger partial charge in [0.2, 0.25) is 0 Å². The molecule has 1 fully saturated rings. The summed E-state index contributed by atoms with van der Waals surface area (Å²) in [6, 6.07) is 9.73. The number of nitrogens with zero attached hydrogens (tertiary/aromatic N) is 4. The van der Waals surface area contributed by atoms with Gasteiger partial charge in [-0.25, -0.2) is 0 Å². The van der Waals surface area contributed by atoms with Crippen LogP contribution in [0.4, 0.5) is 5.69 Å². The Hall–Kier alpha value is -2.80. The van der Waals surface area contributed by atoms with Crippen LogP contribution in [0, 0.1) is 10.1 Å². The molecule has 0 radical (unpaired) electrons. The molecular weight excluding hydrogens is 308 g/mol. The molecular formula is C17H18N4O3. The predicted octanol–water partition coefficient (Wildman–Crippen LogP) is 1.95. The lowest BCUT2D eigenvalue weighted by Gasteiger charge is -2.34. The number of non-ortho nitro benzene ring substituents is 1. The summed E-state index contributed by atoms with van der Waals surface area (Å²) in [5.74, 6) is -0.0778. The highest BCUT2D eigenvalue weighted by molar-refractivity contribution is 5.94. The summed E-state index contributed by atoms with van der Waals surface area (Å²) in [5.41, 5.74) is 1.64. The van der Waals surface area contributed by atoms with Crippen molar-refractivity contribution in [1.29, 1.82) is 0 Å². The maximum absolute atomic E-state index is 12.5. The molecule has 1 aliphatic heterocycles. The molecule has 1 aromatic carbocycles. The molecule has 124 valence electrons. The maximum atomic E-state index is 12.5. The van der Waals surface area contributed by atoms with E-state index in [0.29, 0.717) is 18.7 Å². The first kappa shape index (κ1) is 16.1. The van der Waals surface area contributed by atoms with Crippen LogP contribution in [0.2, 0.25) is 0 Å². The van der Waals surface area contributed by atoms with Crippen molar-refractivity contribution in [2.75, 3.05) is 26.2 Å². The van der Waals surface area contributed by atoms with Crippen LogP contribution in [-0.4, -0.2) is 51.8 Å². The third-order valence-electron chi connectivity index (χ3n) is 4.11. The van der Waals surface area contributed by atoms with Gasteiger partial charge in [0.1, 0.15) is 0 Å². The van der Waals surface area contributed by atoms with E-state index < -0.39 is 4.92 Å². The van der Waals surface area contributed by atoms with E-state index in [4.69, 9.17) is 0 Å². The Kier molecular flexibility index (Phi) is 4.81. The van der Waals surface area contributed by atoms with Crippen molar-refractivity contribution in [1.82, 2.24) is 14.8 Å². The molecule has 1 amide bonds. The van der Waals surface area contributed by atoms with Gasteiger partial charge in [0.05, 0.1) is 4.92 Å². The number of pyridine rings is 1. The van der Waals surface area contributed by atoms with Gasteiger partial charge in [-0.15, -0.1) is 0 Å². The molecule has 0 atom stereocenters. The number of rotatable bonds is 4. The summed E-state index contributed by atoms with van der Waals surface area (Å²) in [7, 11) is 0. The number of hydrogen-bond acceptors (Lipinski definition) is 5. The zero-order chi connectivity index (χ0) is 16.9. The smallest absolute Gasteiger partial charge is 0.269 e. The summed E-state index contributed by atoms with van der Waals surface area (Å²) < 4.78 is 0. The van der Waals surface area contributed by atoms with Crippen LogP contribution in [0.5, 0.6) is 0 Å². The van der Waals surface area contributed by atoms with E-state index >= 15 is 0 Å². The number of nitro groups is 1. The van der Waals surface area contributed by atoms with E-state index in [9.17, 15) is 14.9 Å². The second-order valence-electron chi connectivity index (χ2n) is 5.73. The molecule has 24 heavy (non-hydrogen) atoms. The predicted molar refractivity (Wildman–Crippen MR) is 88.5 cm³/mol. The first-order chi connectivity index (χ1) is 11.6. The van der Waals surface area contributed by atoms with E-state index in [2.05, 4.69) is 9.88 Å². The van der Waals surface area contributed by atoms with Gasteiger partial charge >= 0.3 is 0 Å². The highest BCUT2D eigenvalue weighted by Gasteiger charge is 2.22. The van der Waals surface area contributed by atoms with Crippen molar-refractivity contribution in [3.63, 3.8) is 0 Å². The van der Waals surface area contributed by atoms with E-state index in [-0.39, 0.29) is 11.6 Å². The zero-order valence-electron chi connectivity index (χ0n) is 13.2. The van der Waals surface area contributed by atoms with Crippen molar-refractivity contribution in [2.24, 2.45) is 0 Å². The average Bonchev–Trinajstić information content (AvgIpc) is 2.63. The Balaban J connectivity index is 1.56. The maximum Gasteiger partial charge on any atom is 0.269 e. The van der Waals surface area contributed by atoms with E-state index in [1.54, 1.807) is 11.1 Å². The number of amides is 1. The lowest BCUT2D eigenvalue weighted by molar-refractivity contribution is -0.384. The molecule has 0 aliphatic carbocycles. The quantitative estimate of drug-likeness (QED) is 0.634. The minimum absolute atomic E-state index is 0.00663. The van der Waals surface area contributed by atoms with Gasteiger partial charge < -0.3 is 4.90 Å². The van der Waals surface area contributed by atoms with Gasteiger partial charge in [0, 0.05) is 62.8 Å². The Morgan fingerprint density at radius 1 is 1.12 bits per heavy atom. The summed E-state index contributed by atoms with van der Waals surface area (Å²) in [4.78, 5) is 30.9. The van der Waals surface area contributed by atoms with Crippen LogP contribution in [0.25, 0.3) is 0 Å². The average molecular weight is 326 g/mol. The van der Waals surface area contributed by atoms with E-state index in [0.717, 1.165) is 25.2 Å². The van der Waals surface area contributed by atoms with E-state index in [1.807, 2.05) is 18.3 Å². The molecule has 2 aromatic rings. The lowest BCUT2D eigenvalue weighted by atomic mass is 10.1. The Labute approximate surface area is 139 Å². The highest BCUT2D eigenvalue weighted by Crippen LogP contribution is 2.15. The first-order valence-corrected chi connectivity index (χ1v) is 7.78. The minimum atomic E-state index is -0.467. The topological polar surface area (TPSA) is 79.6 Å². The number of hydrogen-bond donors (Lipinski definition) is 0. The fourth-order valence-electron chi connectivity index (χ4n) is 2.77. The Morgan fingerprint density at radius 3 is 2.42 bits per heavy atom. The minimum Gasteiger partial charge on any atom is -0.336 e. The van der Waals surface area contributed by atoms with Crippen LogP contribution in [0.3, 0.4) is 0 Å². The molecule has 1 aliphatic rings. The van der Waals surface area contributed by atoms with Gasteiger partial charge in [0.15, 0.2) is 0 Å². The molecule has 0 bridgehead atoms. The second kappa shape index (κ2) is 7.18. The third kappa shape index (κ3) is 3.75. The van der Waals surface area contributed by atoms with Gasteiger partial charge in [-0.2, -0.15) is 0 Å². The summed E-state index contributed by atoms with van der Waals surface area (Å²) in [6.07, 6.45) is 3.61. The normalized spacial score (nSPS) is 15.2. The van der Waals surface area contributed by atoms with Crippen LogP contribution in [-0.2, 0) is 6.54 Å². The van der Waals surface area contributed by atoms with E-state index in [1.165, 1.54) is 24.3 Å². The van der Waals surface area contributed by atoms with Gasteiger partial charge in [-0.3, -0.25) is 24.8 Å². The first-order valence-electron chi connectivity index (χ1n) is 7.78. The van der Waals surface area contributed by atoms with Gasteiger partial charge in [-0.1, -0.05) is 6.07 Å². The lowest BCUT2D eigenvalue weighted by Crippen LogP contribution is -2.48. The van der Waals surface area contributed by atoms with Crippen molar-refractivity contribution >= 4 is 11.6 Å². The molecule has 3 rings (SSSR count). The highest BCUT2D eigenvalue weighted by atomic mass is 16.6. The van der Waals surface area contributed by atoms with Crippen LogP contribution in [0.15, 0.2) is 48.8 Å². The van der Waals surface area contributed by atoms with Gasteiger partial charge in [0.25, 0.3) is 11.6 Å². The SMILES string of the molecule is O=C(c1ccc([N+](=O)[O-])cc1)N1CCN(Cc2cccnc2)CC1. The monoisotopic (exact) mass is 326 g/mol. The number of benzene rings is 1. The molecule has 7 nitrogen and oxygen atoms in total. The molecule has 7 heteroatoms. The van der Waals surface area contributed by atoms with Crippen LogP contribution in [0.1, 0.15) is 15.9 Å². The fourth-order valence-corrected chi connectivity index (χ4v) is 2.77. The molecule has 0 spiro atoms. The van der Waals surface area contributed by atoms with Crippen LogP contribution >= 0.6 is 0 Å². The molecule has 2 heterocycles. The Morgan fingerprint density at radius 2 is 1.83 bits per heavy atom.